The van der Waals surface area contributed by atoms with Crippen molar-refractivity contribution in [2.24, 2.45) is 0 Å². The van der Waals surface area contributed by atoms with Crippen molar-refractivity contribution in [1.82, 2.24) is 4.90 Å². The van der Waals surface area contributed by atoms with E-state index in [0.29, 0.717) is 19.0 Å². The van der Waals surface area contributed by atoms with Crippen molar-refractivity contribution in [2.75, 3.05) is 12.3 Å². The van der Waals surface area contributed by atoms with Crippen LogP contribution in [0.5, 0.6) is 0 Å². The number of amides is 1. The second-order valence-electron chi connectivity index (χ2n) is 7.26. The number of nitrogens with zero attached hydrogens (tertiary/aromatic N) is 1. The molecular formula is C21H25NO3S. The summed E-state index contributed by atoms with van der Waals surface area (Å²) in [5.41, 5.74) is 4.25. The van der Waals surface area contributed by atoms with E-state index in [0.717, 1.165) is 17.5 Å². The fraction of sp³-hybridized carbons (Fsp3) is 0.381. The molecule has 3 rings (SSSR count). The van der Waals surface area contributed by atoms with Crippen molar-refractivity contribution in [1.29, 1.82) is 0 Å². The van der Waals surface area contributed by atoms with Crippen molar-refractivity contribution in [3.8, 4) is 0 Å². The SMILES string of the molecule is CC(C)c1ccc(CS(=O)(=O)CC(=O)N2CCc3ccccc3C2)cc1. The summed E-state index contributed by atoms with van der Waals surface area (Å²) in [6.07, 6.45) is 0.776. The highest BCUT2D eigenvalue weighted by Crippen LogP contribution is 2.20. The second kappa shape index (κ2) is 7.62. The Morgan fingerprint density at radius 3 is 2.35 bits per heavy atom. The highest BCUT2D eigenvalue weighted by molar-refractivity contribution is 7.91. The number of benzene rings is 2. The van der Waals surface area contributed by atoms with Crippen LogP contribution in [0.3, 0.4) is 0 Å². The third-order valence-corrected chi connectivity index (χ3v) is 6.32. The molecule has 0 aromatic heterocycles. The lowest BCUT2D eigenvalue weighted by Gasteiger charge is -2.28. The summed E-state index contributed by atoms with van der Waals surface area (Å²) in [6, 6.07) is 15.6. The van der Waals surface area contributed by atoms with Crippen LogP contribution in [-0.2, 0) is 33.4 Å². The first-order chi connectivity index (χ1) is 12.3. The van der Waals surface area contributed by atoms with Gasteiger partial charge in [-0.1, -0.05) is 62.4 Å². The Balaban J connectivity index is 1.63. The third kappa shape index (κ3) is 4.52. The van der Waals surface area contributed by atoms with Crippen molar-refractivity contribution in [3.63, 3.8) is 0 Å². The number of hydrogen-bond acceptors (Lipinski definition) is 3. The lowest BCUT2D eigenvalue weighted by atomic mass is 10.00. The van der Waals surface area contributed by atoms with Crippen LogP contribution in [0.25, 0.3) is 0 Å². The van der Waals surface area contributed by atoms with Crippen LogP contribution < -0.4 is 0 Å². The molecule has 1 heterocycles. The molecule has 0 fully saturated rings. The third-order valence-electron chi connectivity index (χ3n) is 4.86. The van der Waals surface area contributed by atoms with Gasteiger partial charge in [0.15, 0.2) is 9.84 Å². The molecule has 5 heteroatoms. The predicted molar refractivity (Wildman–Crippen MR) is 104 cm³/mol. The van der Waals surface area contributed by atoms with E-state index in [2.05, 4.69) is 19.9 Å². The smallest absolute Gasteiger partial charge is 0.238 e. The molecule has 4 nitrogen and oxygen atoms in total. The molecule has 26 heavy (non-hydrogen) atoms. The molecule has 2 aromatic carbocycles. The van der Waals surface area contributed by atoms with Gasteiger partial charge in [0.2, 0.25) is 5.91 Å². The zero-order valence-corrected chi connectivity index (χ0v) is 16.1. The van der Waals surface area contributed by atoms with Crippen molar-refractivity contribution < 1.29 is 13.2 Å². The van der Waals surface area contributed by atoms with Gasteiger partial charge in [-0.2, -0.15) is 0 Å². The molecule has 1 amide bonds. The minimum absolute atomic E-state index is 0.0957. The summed E-state index contributed by atoms with van der Waals surface area (Å²) >= 11 is 0. The predicted octanol–water partition coefficient (Wildman–Crippen LogP) is 3.31. The van der Waals surface area contributed by atoms with Crippen molar-refractivity contribution in [3.05, 3.63) is 70.8 Å². The highest BCUT2D eigenvalue weighted by Gasteiger charge is 2.25. The second-order valence-corrected chi connectivity index (χ2v) is 9.33. The summed E-state index contributed by atoms with van der Waals surface area (Å²) in [7, 11) is -3.48. The first-order valence-electron chi connectivity index (χ1n) is 8.98. The number of carbonyl (C=O) groups excluding carboxylic acids is 1. The number of fused-ring (bicyclic) bond motifs is 1. The first-order valence-corrected chi connectivity index (χ1v) is 10.8. The topological polar surface area (TPSA) is 54.5 Å². The zero-order valence-electron chi connectivity index (χ0n) is 15.3. The molecular weight excluding hydrogens is 346 g/mol. The van der Waals surface area contributed by atoms with Crippen LogP contribution in [0.4, 0.5) is 0 Å². The van der Waals surface area contributed by atoms with Crippen LogP contribution in [0.2, 0.25) is 0 Å². The van der Waals surface area contributed by atoms with Gasteiger partial charge in [0.1, 0.15) is 5.75 Å². The Morgan fingerprint density at radius 2 is 1.69 bits per heavy atom. The van der Waals surface area contributed by atoms with E-state index in [-0.39, 0.29) is 11.7 Å². The summed E-state index contributed by atoms with van der Waals surface area (Å²) in [6.45, 7) is 5.27. The van der Waals surface area contributed by atoms with Crippen LogP contribution in [-0.4, -0.2) is 31.5 Å². The van der Waals surface area contributed by atoms with Crippen LogP contribution in [0.1, 0.15) is 42.0 Å². The molecule has 0 bridgehead atoms. The highest BCUT2D eigenvalue weighted by atomic mass is 32.2. The molecule has 1 aliphatic heterocycles. The largest absolute Gasteiger partial charge is 0.337 e. The fourth-order valence-electron chi connectivity index (χ4n) is 3.29. The van der Waals surface area contributed by atoms with E-state index in [1.54, 1.807) is 4.90 Å². The maximum atomic E-state index is 12.5. The van der Waals surface area contributed by atoms with Gasteiger partial charge in [0.25, 0.3) is 0 Å². The fourth-order valence-corrected chi connectivity index (χ4v) is 4.65. The Morgan fingerprint density at radius 1 is 1.04 bits per heavy atom. The van der Waals surface area contributed by atoms with Crippen LogP contribution in [0, 0.1) is 0 Å². The van der Waals surface area contributed by atoms with E-state index in [1.807, 2.05) is 42.5 Å². The molecule has 2 aromatic rings. The van der Waals surface area contributed by atoms with Crippen LogP contribution >= 0.6 is 0 Å². The Bertz CT molecular complexity index is 886. The molecule has 0 spiro atoms. The average molecular weight is 372 g/mol. The molecule has 0 unspecified atom stereocenters. The number of hydrogen-bond donors (Lipinski definition) is 0. The number of rotatable bonds is 5. The summed E-state index contributed by atoms with van der Waals surface area (Å²) in [5, 5.41) is 0. The molecule has 0 aliphatic carbocycles. The summed E-state index contributed by atoms with van der Waals surface area (Å²) < 4.78 is 24.9. The van der Waals surface area contributed by atoms with E-state index in [1.165, 1.54) is 11.1 Å². The van der Waals surface area contributed by atoms with Gasteiger partial charge in [-0.25, -0.2) is 8.42 Å². The molecule has 0 atom stereocenters. The standard InChI is InChI=1S/C21H25NO3S/c1-16(2)18-9-7-17(8-10-18)14-26(24,25)15-21(23)22-12-11-19-5-3-4-6-20(19)13-22/h3-10,16H,11-15H2,1-2H3. The summed E-state index contributed by atoms with van der Waals surface area (Å²) in [5.74, 6) is -0.426. The van der Waals surface area contributed by atoms with Crippen molar-refractivity contribution in [2.45, 2.75) is 38.5 Å². The van der Waals surface area contributed by atoms with Gasteiger partial charge < -0.3 is 4.90 Å². The van der Waals surface area contributed by atoms with E-state index in [4.69, 9.17) is 0 Å². The minimum atomic E-state index is -3.48. The zero-order chi connectivity index (χ0) is 18.7. The maximum Gasteiger partial charge on any atom is 0.238 e. The molecule has 0 N–H and O–H groups in total. The van der Waals surface area contributed by atoms with Gasteiger partial charge in [-0.15, -0.1) is 0 Å². The normalized spacial score (nSPS) is 14.3. The number of carbonyl (C=O) groups is 1. The molecule has 0 saturated heterocycles. The molecule has 0 radical (unpaired) electrons. The van der Waals surface area contributed by atoms with Gasteiger partial charge in [-0.3, -0.25) is 4.79 Å². The Kier molecular flexibility index (Phi) is 5.47. The van der Waals surface area contributed by atoms with E-state index < -0.39 is 15.6 Å². The lowest BCUT2D eigenvalue weighted by Crippen LogP contribution is -2.39. The van der Waals surface area contributed by atoms with Gasteiger partial charge in [0.05, 0.1) is 5.75 Å². The minimum Gasteiger partial charge on any atom is -0.337 e. The van der Waals surface area contributed by atoms with Gasteiger partial charge in [0, 0.05) is 13.1 Å². The lowest BCUT2D eigenvalue weighted by molar-refractivity contribution is -0.129. The Hall–Kier alpha value is -2.14. The first kappa shape index (κ1) is 18.6. The monoisotopic (exact) mass is 371 g/mol. The van der Waals surface area contributed by atoms with Crippen molar-refractivity contribution >= 4 is 15.7 Å². The quantitative estimate of drug-likeness (QED) is 0.810. The van der Waals surface area contributed by atoms with E-state index in [9.17, 15) is 13.2 Å². The summed E-state index contributed by atoms with van der Waals surface area (Å²) in [4.78, 5) is 14.2. The maximum absolute atomic E-state index is 12.5. The molecule has 0 saturated carbocycles. The average Bonchev–Trinajstić information content (AvgIpc) is 2.61. The van der Waals surface area contributed by atoms with Gasteiger partial charge >= 0.3 is 0 Å². The number of sulfone groups is 1. The van der Waals surface area contributed by atoms with E-state index >= 15 is 0 Å². The Labute approximate surface area is 155 Å². The molecule has 1 aliphatic rings. The molecule has 138 valence electrons. The van der Waals surface area contributed by atoms with Gasteiger partial charge in [-0.05, 0) is 34.6 Å². The van der Waals surface area contributed by atoms with Crippen LogP contribution in [0.15, 0.2) is 48.5 Å².